The molecule has 0 amide bonds. The molecule has 0 saturated carbocycles. The van der Waals surface area contributed by atoms with E-state index in [9.17, 15) is 9.18 Å². The zero-order valence-electron chi connectivity index (χ0n) is 11.0. The predicted molar refractivity (Wildman–Crippen MR) is 72.1 cm³/mol. The standard InChI is InChI=1S/C15H18FNO2/c1-11-6-7-17(9-11)10-13-2-4-14(16)8-12(13)3-5-15(18)19/h2-5,8,11H,6-7,9-10H2,1H3,(H,18,19)/b5-3+. The van der Waals surface area contributed by atoms with Crippen LogP contribution in [-0.4, -0.2) is 29.1 Å². The van der Waals surface area contributed by atoms with E-state index in [4.69, 9.17) is 5.11 Å². The number of rotatable bonds is 4. The number of carbonyl (C=O) groups is 1. The van der Waals surface area contributed by atoms with Gasteiger partial charge in [-0.15, -0.1) is 0 Å². The highest BCUT2D eigenvalue weighted by atomic mass is 19.1. The molecule has 2 rings (SSSR count). The van der Waals surface area contributed by atoms with Crippen molar-refractivity contribution in [3.8, 4) is 0 Å². The van der Waals surface area contributed by atoms with Crippen molar-refractivity contribution < 1.29 is 14.3 Å². The fourth-order valence-electron chi connectivity index (χ4n) is 2.44. The number of carboxylic acid groups (broad SMARTS) is 1. The summed E-state index contributed by atoms with van der Waals surface area (Å²) in [5.41, 5.74) is 1.61. The van der Waals surface area contributed by atoms with Crippen LogP contribution in [0.2, 0.25) is 0 Å². The third kappa shape index (κ3) is 3.89. The molecule has 1 fully saturated rings. The van der Waals surface area contributed by atoms with Crippen LogP contribution in [0.4, 0.5) is 4.39 Å². The van der Waals surface area contributed by atoms with Gasteiger partial charge in [0.05, 0.1) is 0 Å². The molecular weight excluding hydrogens is 245 g/mol. The largest absolute Gasteiger partial charge is 0.478 e. The predicted octanol–water partition coefficient (Wildman–Crippen LogP) is 2.77. The van der Waals surface area contributed by atoms with Crippen LogP contribution in [0.15, 0.2) is 24.3 Å². The van der Waals surface area contributed by atoms with Crippen molar-refractivity contribution in [2.75, 3.05) is 13.1 Å². The van der Waals surface area contributed by atoms with Crippen LogP contribution in [0.5, 0.6) is 0 Å². The molecule has 4 heteroatoms. The molecule has 0 aliphatic carbocycles. The number of aliphatic carboxylic acids is 1. The maximum Gasteiger partial charge on any atom is 0.328 e. The Morgan fingerprint density at radius 3 is 3.00 bits per heavy atom. The van der Waals surface area contributed by atoms with Crippen molar-refractivity contribution in [1.82, 2.24) is 4.90 Å². The summed E-state index contributed by atoms with van der Waals surface area (Å²) in [5.74, 6) is -0.674. The summed E-state index contributed by atoms with van der Waals surface area (Å²) < 4.78 is 13.3. The van der Waals surface area contributed by atoms with Gasteiger partial charge in [0.15, 0.2) is 0 Å². The second-order valence-corrected chi connectivity index (χ2v) is 5.14. The topological polar surface area (TPSA) is 40.5 Å². The van der Waals surface area contributed by atoms with E-state index in [-0.39, 0.29) is 5.82 Å². The first-order valence-electron chi connectivity index (χ1n) is 6.46. The van der Waals surface area contributed by atoms with Gasteiger partial charge >= 0.3 is 5.97 Å². The van der Waals surface area contributed by atoms with E-state index in [2.05, 4.69) is 11.8 Å². The lowest BCUT2D eigenvalue weighted by Crippen LogP contribution is -2.20. The molecule has 1 aromatic carbocycles. The second kappa shape index (κ2) is 5.97. The lowest BCUT2D eigenvalue weighted by Gasteiger charge is -2.17. The summed E-state index contributed by atoms with van der Waals surface area (Å²) in [6, 6.07) is 4.54. The number of nitrogens with zero attached hydrogens (tertiary/aromatic N) is 1. The normalized spacial score (nSPS) is 20.2. The first-order chi connectivity index (χ1) is 9.04. The summed E-state index contributed by atoms with van der Waals surface area (Å²) in [6.45, 7) is 5.04. The lowest BCUT2D eigenvalue weighted by atomic mass is 10.1. The van der Waals surface area contributed by atoms with Crippen LogP contribution in [0.25, 0.3) is 6.08 Å². The number of carboxylic acids is 1. The number of hydrogen-bond acceptors (Lipinski definition) is 2. The van der Waals surface area contributed by atoms with Gasteiger partial charge in [-0.25, -0.2) is 9.18 Å². The van der Waals surface area contributed by atoms with Crippen LogP contribution in [0.3, 0.4) is 0 Å². The van der Waals surface area contributed by atoms with E-state index in [1.165, 1.54) is 24.6 Å². The van der Waals surface area contributed by atoms with Crippen molar-refractivity contribution in [3.63, 3.8) is 0 Å². The monoisotopic (exact) mass is 263 g/mol. The van der Waals surface area contributed by atoms with Crippen molar-refractivity contribution in [2.45, 2.75) is 19.9 Å². The third-order valence-electron chi connectivity index (χ3n) is 3.42. The van der Waals surface area contributed by atoms with Crippen LogP contribution in [0.1, 0.15) is 24.5 Å². The summed E-state index contributed by atoms with van der Waals surface area (Å²) >= 11 is 0. The molecule has 1 aliphatic rings. The van der Waals surface area contributed by atoms with E-state index in [0.29, 0.717) is 11.5 Å². The minimum absolute atomic E-state index is 0.344. The molecule has 1 unspecified atom stereocenters. The Kier molecular flexibility index (Phi) is 4.32. The first kappa shape index (κ1) is 13.7. The number of hydrogen-bond donors (Lipinski definition) is 1. The summed E-state index contributed by atoms with van der Waals surface area (Å²) in [7, 11) is 0. The Balaban J connectivity index is 2.16. The van der Waals surface area contributed by atoms with Gasteiger partial charge in [0, 0.05) is 19.2 Å². The highest BCUT2D eigenvalue weighted by molar-refractivity contribution is 5.85. The molecule has 102 valence electrons. The Hall–Kier alpha value is -1.68. The number of halogens is 1. The minimum atomic E-state index is -1.02. The lowest BCUT2D eigenvalue weighted by molar-refractivity contribution is -0.131. The Bertz CT molecular complexity index is 499. The van der Waals surface area contributed by atoms with Crippen molar-refractivity contribution in [3.05, 3.63) is 41.2 Å². The van der Waals surface area contributed by atoms with Crippen molar-refractivity contribution in [1.29, 1.82) is 0 Å². The minimum Gasteiger partial charge on any atom is -0.478 e. The van der Waals surface area contributed by atoms with Gasteiger partial charge in [0.2, 0.25) is 0 Å². The Morgan fingerprint density at radius 1 is 1.58 bits per heavy atom. The molecule has 1 atom stereocenters. The van der Waals surface area contributed by atoms with Gasteiger partial charge in [-0.1, -0.05) is 13.0 Å². The van der Waals surface area contributed by atoms with Gasteiger partial charge in [-0.05, 0) is 48.2 Å². The SMILES string of the molecule is CC1CCN(Cc2ccc(F)cc2/C=C/C(=O)O)C1. The highest BCUT2D eigenvalue weighted by Crippen LogP contribution is 2.21. The Labute approximate surface area is 112 Å². The van der Waals surface area contributed by atoms with Crippen LogP contribution in [-0.2, 0) is 11.3 Å². The molecule has 19 heavy (non-hydrogen) atoms. The Morgan fingerprint density at radius 2 is 2.37 bits per heavy atom. The molecule has 3 nitrogen and oxygen atoms in total. The molecular formula is C15H18FNO2. The highest BCUT2D eigenvalue weighted by Gasteiger charge is 2.19. The van der Waals surface area contributed by atoms with Crippen molar-refractivity contribution in [2.24, 2.45) is 5.92 Å². The van der Waals surface area contributed by atoms with Crippen LogP contribution in [0, 0.1) is 11.7 Å². The fourth-order valence-corrected chi connectivity index (χ4v) is 2.44. The van der Waals surface area contributed by atoms with Gasteiger partial charge in [-0.3, -0.25) is 4.90 Å². The summed E-state index contributed by atoms with van der Waals surface area (Å²) in [5, 5.41) is 8.66. The van der Waals surface area contributed by atoms with E-state index in [0.717, 1.165) is 31.3 Å². The molecule has 1 aromatic rings. The number of likely N-dealkylation sites (tertiary alicyclic amines) is 1. The van der Waals surface area contributed by atoms with Gasteiger partial charge in [0.1, 0.15) is 5.82 Å². The maximum absolute atomic E-state index is 13.3. The van der Waals surface area contributed by atoms with E-state index in [1.807, 2.05) is 0 Å². The van der Waals surface area contributed by atoms with Crippen LogP contribution >= 0.6 is 0 Å². The van der Waals surface area contributed by atoms with E-state index >= 15 is 0 Å². The average molecular weight is 263 g/mol. The smallest absolute Gasteiger partial charge is 0.328 e. The zero-order valence-corrected chi connectivity index (χ0v) is 11.0. The molecule has 0 spiro atoms. The quantitative estimate of drug-likeness (QED) is 0.849. The molecule has 1 aliphatic heterocycles. The van der Waals surface area contributed by atoms with Crippen molar-refractivity contribution >= 4 is 12.0 Å². The van der Waals surface area contributed by atoms with E-state index < -0.39 is 5.97 Å². The average Bonchev–Trinajstić information content (AvgIpc) is 2.75. The third-order valence-corrected chi connectivity index (χ3v) is 3.42. The molecule has 1 heterocycles. The van der Waals surface area contributed by atoms with Crippen LogP contribution < -0.4 is 0 Å². The summed E-state index contributed by atoms with van der Waals surface area (Å²) in [4.78, 5) is 12.9. The second-order valence-electron chi connectivity index (χ2n) is 5.14. The molecule has 1 N–H and O–H groups in total. The molecule has 0 radical (unpaired) electrons. The molecule has 0 aromatic heterocycles. The fraction of sp³-hybridized carbons (Fsp3) is 0.400. The van der Waals surface area contributed by atoms with E-state index in [1.54, 1.807) is 6.07 Å². The van der Waals surface area contributed by atoms with Gasteiger partial charge in [-0.2, -0.15) is 0 Å². The first-order valence-corrected chi connectivity index (χ1v) is 6.46. The van der Waals surface area contributed by atoms with Gasteiger partial charge < -0.3 is 5.11 Å². The molecule has 0 bridgehead atoms. The summed E-state index contributed by atoms with van der Waals surface area (Å²) in [6.07, 6.45) is 3.69. The number of benzene rings is 1. The molecule has 1 saturated heterocycles. The maximum atomic E-state index is 13.3. The zero-order chi connectivity index (χ0) is 13.8. The van der Waals surface area contributed by atoms with Gasteiger partial charge in [0.25, 0.3) is 0 Å².